The minimum absolute atomic E-state index is 0.0503. The van der Waals surface area contributed by atoms with Crippen molar-refractivity contribution in [3.8, 4) is 16.9 Å². The van der Waals surface area contributed by atoms with E-state index in [0.29, 0.717) is 16.5 Å². The quantitative estimate of drug-likeness (QED) is 0.491. The third-order valence-electron chi connectivity index (χ3n) is 7.18. The van der Waals surface area contributed by atoms with Crippen molar-refractivity contribution in [1.82, 2.24) is 0 Å². The number of aromatic carboxylic acids is 1. The van der Waals surface area contributed by atoms with Crippen molar-refractivity contribution >= 4 is 16.7 Å². The van der Waals surface area contributed by atoms with Gasteiger partial charge in [0.1, 0.15) is 5.75 Å². The molecule has 3 aromatic rings. The third-order valence-corrected chi connectivity index (χ3v) is 7.18. The van der Waals surface area contributed by atoms with E-state index in [1.54, 1.807) is 13.8 Å². The standard InChI is InChI=1S/C27H30O3/c1-15-19-9-7-17(13-20(19)24(28)16(2)23(15)25(29)30)18-8-10-21-22(14-18)27(5,6)12-11-26(21,3)4/h7-10,13-14,28H,11-12H2,1-6H3,(H,29,30). The number of hydrogen-bond donors (Lipinski definition) is 2. The number of carboxylic acid groups (broad SMARTS) is 1. The van der Waals surface area contributed by atoms with Crippen LogP contribution in [-0.2, 0) is 10.8 Å². The van der Waals surface area contributed by atoms with Crippen LogP contribution in [0.2, 0.25) is 0 Å². The van der Waals surface area contributed by atoms with Crippen molar-refractivity contribution < 1.29 is 15.0 Å². The first-order valence-corrected chi connectivity index (χ1v) is 10.6. The lowest BCUT2D eigenvalue weighted by atomic mass is 9.63. The van der Waals surface area contributed by atoms with Crippen LogP contribution in [-0.4, -0.2) is 16.2 Å². The second-order valence-corrected chi connectivity index (χ2v) is 10.1. The maximum atomic E-state index is 11.7. The van der Waals surface area contributed by atoms with E-state index in [2.05, 4.69) is 45.9 Å². The molecular formula is C27H30O3. The molecule has 0 aliphatic heterocycles. The van der Waals surface area contributed by atoms with Gasteiger partial charge in [-0.05, 0) is 76.8 Å². The zero-order valence-corrected chi connectivity index (χ0v) is 18.7. The lowest BCUT2D eigenvalue weighted by Crippen LogP contribution is -2.33. The minimum Gasteiger partial charge on any atom is -0.507 e. The highest BCUT2D eigenvalue weighted by molar-refractivity contribution is 6.03. The van der Waals surface area contributed by atoms with Gasteiger partial charge < -0.3 is 10.2 Å². The molecule has 1 aliphatic rings. The topological polar surface area (TPSA) is 57.5 Å². The molecule has 3 nitrogen and oxygen atoms in total. The zero-order chi connectivity index (χ0) is 22.0. The van der Waals surface area contributed by atoms with Crippen molar-refractivity contribution in [2.24, 2.45) is 0 Å². The van der Waals surface area contributed by atoms with Crippen LogP contribution in [0.5, 0.6) is 5.75 Å². The number of carbonyl (C=O) groups is 1. The van der Waals surface area contributed by atoms with E-state index < -0.39 is 5.97 Å². The van der Waals surface area contributed by atoms with Crippen LogP contribution < -0.4 is 0 Å². The molecule has 0 heterocycles. The van der Waals surface area contributed by atoms with Crippen molar-refractivity contribution in [2.75, 3.05) is 0 Å². The summed E-state index contributed by atoms with van der Waals surface area (Å²) in [7, 11) is 0. The number of hydrogen-bond acceptors (Lipinski definition) is 2. The molecule has 156 valence electrons. The minimum atomic E-state index is -1.01. The normalized spacial score (nSPS) is 17.0. The van der Waals surface area contributed by atoms with E-state index in [4.69, 9.17) is 0 Å². The molecule has 0 atom stereocenters. The Morgan fingerprint density at radius 2 is 1.37 bits per heavy atom. The van der Waals surface area contributed by atoms with E-state index in [0.717, 1.165) is 22.9 Å². The van der Waals surface area contributed by atoms with E-state index in [1.807, 2.05) is 18.2 Å². The van der Waals surface area contributed by atoms with Crippen molar-refractivity contribution in [3.63, 3.8) is 0 Å². The van der Waals surface area contributed by atoms with E-state index in [9.17, 15) is 15.0 Å². The number of rotatable bonds is 2. The zero-order valence-electron chi connectivity index (χ0n) is 18.7. The van der Waals surface area contributed by atoms with Gasteiger partial charge in [0.25, 0.3) is 0 Å². The molecule has 0 unspecified atom stereocenters. The second kappa shape index (κ2) is 6.60. The van der Waals surface area contributed by atoms with Crippen molar-refractivity contribution in [1.29, 1.82) is 0 Å². The number of benzene rings is 3. The molecule has 0 saturated carbocycles. The summed E-state index contributed by atoms with van der Waals surface area (Å²) < 4.78 is 0. The summed E-state index contributed by atoms with van der Waals surface area (Å²) in [6.45, 7) is 12.7. The molecule has 0 aromatic heterocycles. The summed E-state index contributed by atoms with van der Waals surface area (Å²) in [6, 6.07) is 12.7. The summed E-state index contributed by atoms with van der Waals surface area (Å²) in [5, 5.41) is 21.8. The van der Waals surface area contributed by atoms with Crippen LogP contribution >= 0.6 is 0 Å². The summed E-state index contributed by atoms with van der Waals surface area (Å²) in [5.74, 6) is -0.958. The van der Waals surface area contributed by atoms with Crippen LogP contribution in [0.1, 0.15) is 73.1 Å². The third kappa shape index (κ3) is 2.99. The van der Waals surface area contributed by atoms with Gasteiger partial charge in [-0.3, -0.25) is 0 Å². The maximum Gasteiger partial charge on any atom is 0.336 e. The van der Waals surface area contributed by atoms with E-state index >= 15 is 0 Å². The van der Waals surface area contributed by atoms with E-state index in [-0.39, 0.29) is 22.1 Å². The Morgan fingerprint density at radius 1 is 0.800 bits per heavy atom. The van der Waals surface area contributed by atoms with Gasteiger partial charge in [0, 0.05) is 10.9 Å². The highest BCUT2D eigenvalue weighted by Crippen LogP contribution is 2.47. The number of phenolic OH excluding ortho intramolecular Hbond substituents is 1. The molecule has 0 bridgehead atoms. The molecule has 0 saturated heterocycles. The molecule has 0 spiro atoms. The molecule has 0 radical (unpaired) electrons. The van der Waals surface area contributed by atoms with Gasteiger partial charge in [0.2, 0.25) is 0 Å². The van der Waals surface area contributed by atoms with Crippen LogP contribution in [0.25, 0.3) is 21.9 Å². The SMILES string of the molecule is Cc1c(C(=O)O)c(C)c2ccc(-c3ccc4c(c3)C(C)(C)CCC4(C)C)cc2c1O. The predicted molar refractivity (Wildman–Crippen MR) is 123 cm³/mol. The maximum absolute atomic E-state index is 11.7. The van der Waals surface area contributed by atoms with Crippen molar-refractivity contribution in [2.45, 2.75) is 65.2 Å². The average Bonchev–Trinajstić information content (AvgIpc) is 2.69. The Bertz CT molecular complexity index is 1200. The van der Waals surface area contributed by atoms with Gasteiger partial charge in [-0.25, -0.2) is 4.79 Å². The van der Waals surface area contributed by atoms with Gasteiger partial charge in [-0.15, -0.1) is 0 Å². The molecule has 1 aliphatic carbocycles. The Kier molecular flexibility index (Phi) is 4.50. The number of phenols is 1. The lowest BCUT2D eigenvalue weighted by Gasteiger charge is -2.42. The first-order chi connectivity index (χ1) is 13.9. The summed E-state index contributed by atoms with van der Waals surface area (Å²) in [4.78, 5) is 11.7. The number of aryl methyl sites for hydroxylation is 1. The molecule has 0 amide bonds. The summed E-state index contributed by atoms with van der Waals surface area (Å²) in [5.41, 5.74) is 6.56. The fourth-order valence-electron chi connectivity index (χ4n) is 5.07. The van der Waals surface area contributed by atoms with E-state index in [1.165, 1.54) is 17.5 Å². The largest absolute Gasteiger partial charge is 0.507 e. The van der Waals surface area contributed by atoms with Crippen LogP contribution in [0, 0.1) is 13.8 Å². The molecule has 2 N–H and O–H groups in total. The van der Waals surface area contributed by atoms with Gasteiger partial charge >= 0.3 is 5.97 Å². The van der Waals surface area contributed by atoms with Gasteiger partial charge in [-0.2, -0.15) is 0 Å². The van der Waals surface area contributed by atoms with Gasteiger partial charge in [0.05, 0.1) is 5.56 Å². The second-order valence-electron chi connectivity index (χ2n) is 10.1. The van der Waals surface area contributed by atoms with Crippen molar-refractivity contribution in [3.05, 3.63) is 64.2 Å². The summed E-state index contributed by atoms with van der Waals surface area (Å²) >= 11 is 0. The monoisotopic (exact) mass is 402 g/mol. The average molecular weight is 403 g/mol. The Balaban J connectivity index is 1.92. The predicted octanol–water partition coefficient (Wildman–Crippen LogP) is 6.88. The molecule has 4 rings (SSSR count). The van der Waals surface area contributed by atoms with Crippen LogP contribution in [0.4, 0.5) is 0 Å². The molecular weight excluding hydrogens is 372 g/mol. The van der Waals surface area contributed by atoms with Gasteiger partial charge in [-0.1, -0.05) is 58.0 Å². The molecule has 3 heteroatoms. The Hall–Kier alpha value is -2.81. The smallest absolute Gasteiger partial charge is 0.336 e. The van der Waals surface area contributed by atoms with Crippen LogP contribution in [0.3, 0.4) is 0 Å². The number of carboxylic acids is 1. The fraction of sp³-hybridized carbons (Fsp3) is 0.370. The van der Waals surface area contributed by atoms with Gasteiger partial charge in [0.15, 0.2) is 0 Å². The lowest BCUT2D eigenvalue weighted by molar-refractivity contribution is 0.0695. The molecule has 30 heavy (non-hydrogen) atoms. The fourth-order valence-corrected chi connectivity index (χ4v) is 5.07. The Morgan fingerprint density at radius 3 is 2.00 bits per heavy atom. The summed E-state index contributed by atoms with van der Waals surface area (Å²) in [6.07, 6.45) is 2.34. The number of fused-ring (bicyclic) bond motifs is 2. The first-order valence-electron chi connectivity index (χ1n) is 10.6. The highest BCUT2D eigenvalue weighted by Gasteiger charge is 2.37. The highest BCUT2D eigenvalue weighted by atomic mass is 16.4. The number of aromatic hydroxyl groups is 1. The Labute approximate surface area is 178 Å². The molecule has 3 aromatic carbocycles. The van der Waals surface area contributed by atoms with Crippen LogP contribution in [0.15, 0.2) is 36.4 Å². The molecule has 0 fully saturated rings. The first kappa shape index (κ1) is 20.5.